The van der Waals surface area contributed by atoms with E-state index in [9.17, 15) is 18.0 Å². The molecule has 0 radical (unpaired) electrons. The molecule has 22 heavy (non-hydrogen) atoms. The molecule has 9 heteroatoms. The molecular weight excluding hydrogens is 383 g/mol. The van der Waals surface area contributed by atoms with E-state index < -0.39 is 18.3 Å². The average Bonchev–Trinajstić information content (AvgIpc) is 2.84. The first-order valence-corrected chi connectivity index (χ1v) is 7.69. The van der Waals surface area contributed by atoms with E-state index in [4.69, 9.17) is 0 Å². The summed E-state index contributed by atoms with van der Waals surface area (Å²) in [6, 6.07) is 3.27. The molecule has 0 N–H and O–H groups in total. The molecule has 0 bridgehead atoms. The minimum atomic E-state index is -4.53. The molecule has 0 saturated heterocycles. The fraction of sp³-hybridized carbons (Fsp3) is 0.154. The fourth-order valence-corrected chi connectivity index (χ4v) is 3.73. The Hall–Kier alpha value is -1.74. The first-order chi connectivity index (χ1) is 10.4. The largest absolute Gasteiger partial charge is 0.408 e. The maximum Gasteiger partial charge on any atom is 0.408 e. The lowest BCUT2D eigenvalue weighted by Crippen LogP contribution is -2.30. The standard InChI is InChI=1S/C13H7BrF3N3OS/c14-8-5-22-11-9(8)12(21)20(6-13(15,16)17)19-10(11)7-1-3-18-4-2-7/h1-5H,6H2. The second kappa shape index (κ2) is 5.47. The summed E-state index contributed by atoms with van der Waals surface area (Å²) in [6.45, 7) is -1.43. The number of halogens is 4. The van der Waals surface area contributed by atoms with Crippen LogP contribution in [0.4, 0.5) is 13.2 Å². The third-order valence-corrected chi connectivity index (χ3v) is 4.83. The minimum absolute atomic E-state index is 0.205. The van der Waals surface area contributed by atoms with Gasteiger partial charge in [-0.15, -0.1) is 11.3 Å². The Morgan fingerprint density at radius 1 is 1.27 bits per heavy atom. The van der Waals surface area contributed by atoms with Gasteiger partial charge in [-0.05, 0) is 28.1 Å². The predicted molar refractivity (Wildman–Crippen MR) is 80.9 cm³/mol. The van der Waals surface area contributed by atoms with Gasteiger partial charge in [0, 0.05) is 27.8 Å². The molecule has 4 nitrogen and oxygen atoms in total. The molecule has 0 atom stereocenters. The van der Waals surface area contributed by atoms with Crippen LogP contribution in [0.15, 0.2) is 39.2 Å². The molecule has 0 aliphatic rings. The molecule has 0 unspecified atom stereocenters. The Morgan fingerprint density at radius 3 is 2.59 bits per heavy atom. The summed E-state index contributed by atoms with van der Waals surface area (Å²) in [7, 11) is 0. The molecule has 0 aliphatic carbocycles. The zero-order chi connectivity index (χ0) is 15.9. The zero-order valence-corrected chi connectivity index (χ0v) is 13.2. The van der Waals surface area contributed by atoms with Crippen molar-refractivity contribution in [3.05, 3.63) is 44.7 Å². The smallest absolute Gasteiger partial charge is 0.267 e. The van der Waals surface area contributed by atoms with Crippen molar-refractivity contribution < 1.29 is 13.2 Å². The molecule has 3 aromatic rings. The third-order valence-electron chi connectivity index (χ3n) is 2.91. The van der Waals surface area contributed by atoms with Crippen molar-refractivity contribution in [1.29, 1.82) is 0 Å². The lowest BCUT2D eigenvalue weighted by molar-refractivity contribution is -0.143. The van der Waals surface area contributed by atoms with Crippen LogP contribution in [0.5, 0.6) is 0 Å². The SMILES string of the molecule is O=c1c2c(Br)csc2c(-c2ccncc2)nn1CC(F)(F)F. The highest BCUT2D eigenvalue weighted by Crippen LogP contribution is 2.34. The molecule has 3 aromatic heterocycles. The number of thiophene rings is 1. The van der Waals surface area contributed by atoms with E-state index in [1.165, 1.54) is 23.7 Å². The number of alkyl halides is 3. The summed E-state index contributed by atoms with van der Waals surface area (Å²) in [4.78, 5) is 16.1. The second-order valence-electron chi connectivity index (χ2n) is 4.45. The summed E-state index contributed by atoms with van der Waals surface area (Å²) in [5.74, 6) is 0. The van der Waals surface area contributed by atoms with Gasteiger partial charge in [0.05, 0.1) is 10.1 Å². The minimum Gasteiger partial charge on any atom is -0.267 e. The van der Waals surface area contributed by atoms with E-state index in [1.54, 1.807) is 17.5 Å². The number of fused-ring (bicyclic) bond motifs is 1. The van der Waals surface area contributed by atoms with Crippen LogP contribution in [0.2, 0.25) is 0 Å². The van der Waals surface area contributed by atoms with E-state index in [-0.39, 0.29) is 5.39 Å². The number of rotatable bonds is 2. The van der Waals surface area contributed by atoms with Gasteiger partial charge in [0.25, 0.3) is 5.56 Å². The van der Waals surface area contributed by atoms with Gasteiger partial charge < -0.3 is 0 Å². The van der Waals surface area contributed by atoms with Crippen molar-refractivity contribution in [2.45, 2.75) is 12.7 Å². The first kappa shape index (κ1) is 15.2. The lowest BCUT2D eigenvalue weighted by atomic mass is 10.1. The molecule has 114 valence electrons. The van der Waals surface area contributed by atoms with Crippen molar-refractivity contribution in [3.63, 3.8) is 0 Å². The first-order valence-electron chi connectivity index (χ1n) is 6.02. The van der Waals surface area contributed by atoms with Crippen LogP contribution in [0.3, 0.4) is 0 Å². The third kappa shape index (κ3) is 2.78. The molecule has 0 aromatic carbocycles. The van der Waals surface area contributed by atoms with Crippen molar-refractivity contribution in [2.75, 3.05) is 0 Å². The zero-order valence-electron chi connectivity index (χ0n) is 10.8. The van der Waals surface area contributed by atoms with Gasteiger partial charge in [-0.25, -0.2) is 4.68 Å². The molecule has 3 heterocycles. The molecule has 0 spiro atoms. The maximum absolute atomic E-state index is 12.7. The van der Waals surface area contributed by atoms with Crippen molar-refractivity contribution in [3.8, 4) is 11.3 Å². The Kier molecular flexibility index (Phi) is 3.77. The van der Waals surface area contributed by atoms with Gasteiger partial charge in [-0.1, -0.05) is 0 Å². The topological polar surface area (TPSA) is 47.8 Å². The molecule has 0 aliphatic heterocycles. The van der Waals surface area contributed by atoms with E-state index in [1.807, 2.05) is 0 Å². The predicted octanol–water partition coefficient (Wildman–Crippen LogP) is 3.84. The monoisotopic (exact) mass is 389 g/mol. The van der Waals surface area contributed by atoms with Crippen LogP contribution in [0.25, 0.3) is 21.3 Å². The highest BCUT2D eigenvalue weighted by molar-refractivity contribution is 9.10. The maximum atomic E-state index is 12.7. The van der Waals surface area contributed by atoms with Gasteiger partial charge in [-0.3, -0.25) is 9.78 Å². The lowest BCUT2D eigenvalue weighted by Gasteiger charge is -2.11. The van der Waals surface area contributed by atoms with Gasteiger partial charge in [0.15, 0.2) is 0 Å². The van der Waals surface area contributed by atoms with Gasteiger partial charge in [-0.2, -0.15) is 18.3 Å². The quantitative estimate of drug-likeness (QED) is 0.668. The molecule has 0 amide bonds. The number of hydrogen-bond acceptors (Lipinski definition) is 4. The van der Waals surface area contributed by atoms with E-state index >= 15 is 0 Å². The highest BCUT2D eigenvalue weighted by atomic mass is 79.9. The van der Waals surface area contributed by atoms with Crippen molar-refractivity contribution in [2.24, 2.45) is 0 Å². The van der Waals surface area contributed by atoms with E-state index in [0.29, 0.717) is 25.1 Å². The van der Waals surface area contributed by atoms with Crippen LogP contribution < -0.4 is 5.56 Å². The highest BCUT2D eigenvalue weighted by Gasteiger charge is 2.30. The van der Waals surface area contributed by atoms with Gasteiger partial charge in [0.2, 0.25) is 0 Å². The average molecular weight is 390 g/mol. The van der Waals surface area contributed by atoms with Crippen molar-refractivity contribution in [1.82, 2.24) is 14.8 Å². The Labute approximate surface area is 134 Å². The van der Waals surface area contributed by atoms with Crippen molar-refractivity contribution >= 4 is 37.4 Å². The summed E-state index contributed by atoms with van der Waals surface area (Å²) in [5, 5.41) is 5.78. The molecule has 3 rings (SSSR count). The number of hydrogen-bond donors (Lipinski definition) is 0. The van der Waals surface area contributed by atoms with Crippen LogP contribution in [0, 0.1) is 0 Å². The number of nitrogens with zero attached hydrogens (tertiary/aromatic N) is 3. The molecule has 0 saturated carbocycles. The van der Waals surface area contributed by atoms with Crippen LogP contribution in [-0.4, -0.2) is 20.9 Å². The summed E-state index contributed by atoms with van der Waals surface area (Å²) in [5.41, 5.74) is 0.167. The van der Waals surface area contributed by atoms with Gasteiger partial charge >= 0.3 is 6.18 Å². The second-order valence-corrected chi connectivity index (χ2v) is 6.18. The molecule has 0 fully saturated rings. The Morgan fingerprint density at radius 2 is 1.95 bits per heavy atom. The number of pyridine rings is 1. The summed E-state index contributed by atoms with van der Waals surface area (Å²) < 4.78 is 39.5. The van der Waals surface area contributed by atoms with E-state index in [2.05, 4.69) is 26.0 Å². The van der Waals surface area contributed by atoms with E-state index in [0.717, 1.165) is 0 Å². The fourth-order valence-electron chi connectivity index (χ4n) is 2.03. The van der Waals surface area contributed by atoms with Crippen LogP contribution >= 0.6 is 27.3 Å². The molecular formula is C13H7BrF3N3OS. The normalized spacial score (nSPS) is 12.0. The Balaban J connectivity index is 2.32. The van der Waals surface area contributed by atoms with Crippen LogP contribution in [-0.2, 0) is 6.54 Å². The van der Waals surface area contributed by atoms with Gasteiger partial charge in [0.1, 0.15) is 12.2 Å². The van der Waals surface area contributed by atoms with Crippen LogP contribution in [0.1, 0.15) is 0 Å². The summed E-state index contributed by atoms with van der Waals surface area (Å²) in [6.07, 6.45) is -1.49. The Bertz CT molecular complexity index is 889. The summed E-state index contributed by atoms with van der Waals surface area (Å²) >= 11 is 4.47. The number of aromatic nitrogens is 3.